The monoisotopic (exact) mass is 346 g/mol. The van der Waals surface area contributed by atoms with Crippen LogP contribution in [0.15, 0.2) is 48.5 Å². The molecule has 0 aromatic heterocycles. The number of aliphatic hydroxyl groups excluding tert-OH is 1. The summed E-state index contributed by atoms with van der Waals surface area (Å²) < 4.78 is 26.8. The highest BCUT2D eigenvalue weighted by Gasteiger charge is 2.49. The molecule has 0 unspecified atom stereocenters. The molecule has 2 N–H and O–H groups in total. The lowest BCUT2D eigenvalue weighted by atomic mass is 9.92. The van der Waals surface area contributed by atoms with Gasteiger partial charge in [-0.3, -0.25) is 9.69 Å². The minimum atomic E-state index is -1.46. The van der Waals surface area contributed by atoms with Crippen molar-refractivity contribution in [2.45, 2.75) is 18.6 Å². The van der Waals surface area contributed by atoms with Gasteiger partial charge in [0.25, 0.3) is 5.91 Å². The third-order valence-electron chi connectivity index (χ3n) is 4.30. The lowest BCUT2D eigenvalue weighted by Crippen LogP contribution is -2.41. The van der Waals surface area contributed by atoms with E-state index in [2.05, 4.69) is 5.32 Å². The fraction of sp³-hybridized carbons (Fsp3) is 0.222. The summed E-state index contributed by atoms with van der Waals surface area (Å²) >= 11 is 0. The molecule has 7 heteroatoms. The van der Waals surface area contributed by atoms with Crippen molar-refractivity contribution in [3.05, 3.63) is 71.3 Å². The maximum absolute atomic E-state index is 13.8. The Morgan fingerprint density at radius 2 is 1.84 bits per heavy atom. The van der Waals surface area contributed by atoms with Crippen LogP contribution >= 0.6 is 0 Å². The number of carbonyl (C=O) groups is 2. The molecule has 0 spiro atoms. The maximum Gasteiger partial charge on any atom is 0.325 e. The Morgan fingerprint density at radius 1 is 1.16 bits per heavy atom. The number of hydrogen-bond donors (Lipinski definition) is 2. The number of nitrogens with one attached hydrogen (secondary N) is 1. The molecular weight excluding hydrogens is 330 g/mol. The summed E-state index contributed by atoms with van der Waals surface area (Å²) in [6.07, 6.45) is -1.46. The molecule has 3 rings (SSSR count). The van der Waals surface area contributed by atoms with Crippen LogP contribution in [0.3, 0.4) is 0 Å². The number of aliphatic hydroxyl groups is 1. The second kappa shape index (κ2) is 6.25. The summed E-state index contributed by atoms with van der Waals surface area (Å²) in [5.41, 5.74) is -0.854. The second-order valence-electron chi connectivity index (χ2n) is 6.02. The molecular formula is C18H16F2N2O3. The fourth-order valence-corrected chi connectivity index (χ4v) is 2.87. The van der Waals surface area contributed by atoms with Crippen LogP contribution in [0.5, 0.6) is 0 Å². The van der Waals surface area contributed by atoms with Gasteiger partial charge in [-0.15, -0.1) is 0 Å². The Labute approximate surface area is 142 Å². The zero-order chi connectivity index (χ0) is 18.2. The minimum absolute atomic E-state index is 0.185. The number of benzene rings is 2. The molecule has 1 fully saturated rings. The summed E-state index contributed by atoms with van der Waals surface area (Å²) in [7, 11) is 0. The summed E-state index contributed by atoms with van der Waals surface area (Å²) in [4.78, 5) is 25.8. The summed E-state index contributed by atoms with van der Waals surface area (Å²) in [6.45, 7) is 1.13. The van der Waals surface area contributed by atoms with Crippen LogP contribution in [0.2, 0.25) is 0 Å². The SMILES string of the molecule is C[C@@]1(c2ccccc2)NC(=O)N(C[C@@H](O)c2ccc(F)cc2F)C1=O. The third kappa shape index (κ3) is 2.98. The summed E-state index contributed by atoms with van der Waals surface area (Å²) in [5, 5.41) is 12.8. The topological polar surface area (TPSA) is 69.6 Å². The van der Waals surface area contributed by atoms with Gasteiger partial charge in [0.2, 0.25) is 0 Å². The Hall–Kier alpha value is -2.80. The van der Waals surface area contributed by atoms with E-state index in [0.717, 1.165) is 17.0 Å². The number of hydrogen-bond acceptors (Lipinski definition) is 3. The van der Waals surface area contributed by atoms with Crippen LogP contribution in [0.4, 0.5) is 13.6 Å². The molecule has 2 aromatic rings. The van der Waals surface area contributed by atoms with Crippen LogP contribution in [-0.4, -0.2) is 28.5 Å². The van der Waals surface area contributed by atoms with Gasteiger partial charge < -0.3 is 10.4 Å². The molecule has 2 atom stereocenters. The average Bonchev–Trinajstić information content (AvgIpc) is 2.80. The fourth-order valence-electron chi connectivity index (χ4n) is 2.87. The van der Waals surface area contributed by atoms with Gasteiger partial charge in [0.05, 0.1) is 12.6 Å². The van der Waals surface area contributed by atoms with Crippen LogP contribution in [0.1, 0.15) is 24.2 Å². The van der Waals surface area contributed by atoms with E-state index >= 15 is 0 Å². The highest BCUT2D eigenvalue weighted by molar-refractivity contribution is 6.07. The van der Waals surface area contributed by atoms with E-state index < -0.39 is 41.8 Å². The van der Waals surface area contributed by atoms with Crippen LogP contribution in [0, 0.1) is 11.6 Å². The van der Waals surface area contributed by atoms with Crippen LogP contribution in [-0.2, 0) is 10.3 Å². The molecule has 130 valence electrons. The first-order chi connectivity index (χ1) is 11.8. The van der Waals surface area contributed by atoms with Crippen molar-refractivity contribution in [2.75, 3.05) is 6.54 Å². The molecule has 2 aromatic carbocycles. The van der Waals surface area contributed by atoms with E-state index in [0.29, 0.717) is 11.6 Å². The zero-order valence-electron chi connectivity index (χ0n) is 13.4. The number of amides is 3. The van der Waals surface area contributed by atoms with Gasteiger partial charge in [0.1, 0.15) is 17.2 Å². The molecule has 1 aliphatic rings. The number of carbonyl (C=O) groups excluding carboxylic acids is 2. The lowest BCUT2D eigenvalue weighted by molar-refractivity contribution is -0.132. The van der Waals surface area contributed by atoms with Crippen molar-refractivity contribution >= 4 is 11.9 Å². The Bertz CT molecular complexity index is 828. The Balaban J connectivity index is 1.84. The number of urea groups is 1. The molecule has 5 nitrogen and oxygen atoms in total. The molecule has 0 saturated carbocycles. The third-order valence-corrected chi connectivity index (χ3v) is 4.30. The first-order valence-corrected chi connectivity index (χ1v) is 7.65. The summed E-state index contributed by atoms with van der Waals surface area (Å²) in [6, 6.07) is 10.7. The van der Waals surface area contributed by atoms with Crippen LogP contribution < -0.4 is 5.32 Å². The Kier molecular flexibility index (Phi) is 4.26. The van der Waals surface area contributed by atoms with Crippen molar-refractivity contribution in [3.8, 4) is 0 Å². The normalized spacial score (nSPS) is 21.4. The van der Waals surface area contributed by atoms with E-state index in [1.165, 1.54) is 0 Å². The molecule has 1 heterocycles. The highest BCUT2D eigenvalue weighted by atomic mass is 19.1. The smallest absolute Gasteiger partial charge is 0.325 e. The Morgan fingerprint density at radius 3 is 2.48 bits per heavy atom. The lowest BCUT2D eigenvalue weighted by Gasteiger charge is -2.23. The largest absolute Gasteiger partial charge is 0.386 e. The number of β-amino-alcohol motifs (C(OH)–C–C–N with tert-alkyl or cyclic N) is 1. The van der Waals surface area contributed by atoms with Crippen molar-refractivity contribution in [2.24, 2.45) is 0 Å². The van der Waals surface area contributed by atoms with Gasteiger partial charge in [-0.2, -0.15) is 0 Å². The number of halogens is 2. The van der Waals surface area contributed by atoms with Crippen molar-refractivity contribution in [3.63, 3.8) is 0 Å². The predicted molar refractivity (Wildman–Crippen MR) is 85.4 cm³/mol. The molecule has 1 saturated heterocycles. The first kappa shape index (κ1) is 17.0. The highest BCUT2D eigenvalue weighted by Crippen LogP contribution is 2.30. The van der Waals surface area contributed by atoms with E-state index in [-0.39, 0.29) is 5.56 Å². The first-order valence-electron chi connectivity index (χ1n) is 7.65. The number of nitrogens with zero attached hydrogens (tertiary/aromatic N) is 1. The molecule has 3 amide bonds. The predicted octanol–water partition coefficient (Wildman–Crippen LogP) is 2.47. The van der Waals surface area contributed by atoms with Gasteiger partial charge in [0, 0.05) is 11.6 Å². The van der Waals surface area contributed by atoms with Gasteiger partial charge in [-0.1, -0.05) is 36.4 Å². The maximum atomic E-state index is 13.8. The quantitative estimate of drug-likeness (QED) is 0.836. The second-order valence-corrected chi connectivity index (χ2v) is 6.02. The zero-order valence-corrected chi connectivity index (χ0v) is 13.4. The molecule has 1 aliphatic heterocycles. The number of imide groups is 1. The van der Waals surface area contributed by atoms with E-state index in [9.17, 15) is 23.5 Å². The number of rotatable bonds is 4. The van der Waals surface area contributed by atoms with Crippen molar-refractivity contribution in [1.82, 2.24) is 10.2 Å². The van der Waals surface area contributed by atoms with Crippen molar-refractivity contribution in [1.29, 1.82) is 0 Å². The van der Waals surface area contributed by atoms with E-state index in [1.807, 2.05) is 0 Å². The van der Waals surface area contributed by atoms with E-state index in [1.54, 1.807) is 37.3 Å². The summed E-state index contributed by atoms with van der Waals surface area (Å²) in [5.74, 6) is -2.27. The standard InChI is InChI=1S/C18H16F2N2O3/c1-18(11-5-3-2-4-6-11)16(24)22(17(25)21-18)10-15(23)13-8-7-12(19)9-14(13)20/h2-9,15,23H,10H2,1H3,(H,21,25)/t15-,18+/m1/s1. The minimum Gasteiger partial charge on any atom is -0.386 e. The van der Waals surface area contributed by atoms with Crippen LogP contribution in [0.25, 0.3) is 0 Å². The van der Waals surface area contributed by atoms with Crippen molar-refractivity contribution < 1.29 is 23.5 Å². The molecule has 0 radical (unpaired) electrons. The van der Waals surface area contributed by atoms with E-state index in [4.69, 9.17) is 0 Å². The molecule has 25 heavy (non-hydrogen) atoms. The van der Waals surface area contributed by atoms with Gasteiger partial charge in [-0.05, 0) is 18.6 Å². The van der Waals surface area contributed by atoms with Gasteiger partial charge in [-0.25, -0.2) is 13.6 Å². The molecule has 0 bridgehead atoms. The van der Waals surface area contributed by atoms with Gasteiger partial charge >= 0.3 is 6.03 Å². The van der Waals surface area contributed by atoms with Gasteiger partial charge in [0.15, 0.2) is 0 Å². The molecule has 0 aliphatic carbocycles. The average molecular weight is 346 g/mol.